The van der Waals surface area contributed by atoms with E-state index >= 15 is 0 Å². The molecule has 0 spiro atoms. The van der Waals surface area contributed by atoms with Crippen molar-refractivity contribution in [3.63, 3.8) is 0 Å². The molecule has 0 saturated heterocycles. The largest absolute Gasteiger partial charge is 0.500 e. The predicted octanol–water partition coefficient (Wildman–Crippen LogP) is 16.7. The Labute approximate surface area is 412 Å². The van der Waals surface area contributed by atoms with Gasteiger partial charge in [-0.15, -0.1) is 54.1 Å². The summed E-state index contributed by atoms with van der Waals surface area (Å²) < 4.78 is 15.6. The molecule has 0 aliphatic rings. The van der Waals surface area contributed by atoms with Crippen molar-refractivity contribution in [3.05, 3.63) is 180 Å². The Morgan fingerprint density at radius 2 is 1.28 bits per heavy atom. The van der Waals surface area contributed by atoms with E-state index in [0.29, 0.717) is 0 Å². The molecule has 0 aliphatic heterocycles. The molecule has 11 rings (SSSR count). The van der Waals surface area contributed by atoms with E-state index in [0.717, 1.165) is 83.4 Å². The zero-order valence-corrected chi connectivity index (χ0v) is 42.8. The van der Waals surface area contributed by atoms with Crippen LogP contribution in [0.1, 0.15) is 103 Å². The van der Waals surface area contributed by atoms with Crippen LogP contribution in [0, 0.1) is 12.1 Å². The first-order valence-corrected chi connectivity index (χ1v) is 23.4. The second kappa shape index (κ2) is 18.1. The molecule has 7 aromatic carbocycles. The van der Waals surface area contributed by atoms with Crippen molar-refractivity contribution in [1.82, 2.24) is 19.5 Å². The van der Waals surface area contributed by atoms with Gasteiger partial charge in [0, 0.05) is 53.9 Å². The maximum absolute atomic E-state index is 6.97. The summed E-state index contributed by atoms with van der Waals surface area (Å²) in [5.41, 5.74) is 15.6. The molecule has 0 N–H and O–H groups in total. The van der Waals surface area contributed by atoms with Crippen molar-refractivity contribution in [2.24, 2.45) is 0 Å². The van der Waals surface area contributed by atoms with E-state index in [2.05, 4.69) is 181 Å². The number of fused-ring (bicyclic) bond motifs is 8. The fourth-order valence-electron chi connectivity index (χ4n) is 9.16. The Balaban J connectivity index is 0.000000289. The van der Waals surface area contributed by atoms with Gasteiger partial charge in [0.15, 0.2) is 0 Å². The number of hydrogen-bond acceptors (Lipinski definition) is 5. The van der Waals surface area contributed by atoms with E-state index in [1.54, 1.807) is 0 Å². The van der Waals surface area contributed by atoms with Gasteiger partial charge in [-0.05, 0) is 93.6 Å². The molecule has 1 radical (unpaired) electrons. The summed E-state index contributed by atoms with van der Waals surface area (Å²) in [5, 5.41) is 4.13. The average Bonchev–Trinajstić information content (AvgIpc) is 4.02. The molecule has 0 fully saturated rings. The van der Waals surface area contributed by atoms with E-state index in [1.165, 1.54) is 33.5 Å². The molecule has 0 saturated carbocycles. The predicted molar refractivity (Wildman–Crippen MR) is 277 cm³/mol. The summed E-state index contributed by atoms with van der Waals surface area (Å²) in [6.45, 7) is 22.4. The van der Waals surface area contributed by atoms with Crippen LogP contribution < -0.4 is 0 Å². The molecule has 0 aliphatic carbocycles. The maximum Gasteiger partial charge on any atom is 0.139 e. The number of nitrogens with zero attached hydrogens (tertiary/aromatic N) is 4. The molecule has 4 heterocycles. The molecule has 6 nitrogen and oxygen atoms in total. The van der Waals surface area contributed by atoms with Crippen LogP contribution in [0.2, 0.25) is 0 Å². The van der Waals surface area contributed by atoms with Gasteiger partial charge >= 0.3 is 0 Å². The summed E-state index contributed by atoms with van der Waals surface area (Å²) >= 11 is 0. The molecule has 0 unspecified atom stereocenters. The number of benzene rings is 7. The molecule has 343 valence electrons. The maximum atomic E-state index is 6.97. The third-order valence-corrected chi connectivity index (χ3v) is 12.8. The van der Waals surface area contributed by atoms with Crippen LogP contribution in [0.3, 0.4) is 0 Å². The van der Waals surface area contributed by atoms with Crippen molar-refractivity contribution in [3.8, 4) is 39.6 Å². The van der Waals surface area contributed by atoms with E-state index in [1.807, 2.05) is 60.8 Å². The van der Waals surface area contributed by atoms with Crippen molar-refractivity contribution < 1.29 is 28.9 Å². The molecule has 68 heavy (non-hydrogen) atoms. The van der Waals surface area contributed by atoms with Gasteiger partial charge < -0.3 is 13.4 Å². The monoisotopic (exact) mass is 1070 g/mol. The molecule has 0 atom stereocenters. The van der Waals surface area contributed by atoms with Gasteiger partial charge in [-0.2, -0.15) is 0 Å². The standard InChI is InChI=1S/C47H41N2O2.C14H15N2.Ir/c1-27(2)36-24-30(29-14-9-8-10-15-29)25-37(28(3)4)43(36)49-39-26-31(47(5,6)7)20-22-38(39)48-46(49)35-18-13-17-32-33-21-23-41-42(45(33)51-44(32)35)34-16-11-12-19-40(34)50-41;1-14(2,3)12-9-10-15-13(16-12)11-7-5-4-6-8-11;/h8-17,19-28H,1-7H3;4-7,9-10H,1-3H3;/q2*-1;. The average molecular weight is 1070 g/mol. The molecule has 7 heteroatoms. The molecular weight excluding hydrogens is 1010 g/mol. The SMILES string of the molecule is CC(C)(C)c1ccnc(-c2[c-]cccc2)n1.CC(C)c1cc(-c2ccccc2)cc(C(C)C)c1-n1c(-c2[c-]ccc3c2oc2c3ccc3oc4ccccc4c32)nc2ccc(C(C)(C)C)cc21.[Ir]. The zero-order chi connectivity index (χ0) is 46.8. The fourth-order valence-corrected chi connectivity index (χ4v) is 9.16. The van der Waals surface area contributed by atoms with Gasteiger partial charge in [-0.25, -0.2) is 0 Å². The van der Waals surface area contributed by atoms with Crippen molar-refractivity contribution in [2.45, 2.75) is 91.9 Å². The number of rotatable bonds is 6. The molecule has 11 aromatic rings. The fraction of sp³-hybridized carbons (Fsp3) is 0.230. The minimum absolute atomic E-state index is 0. The Kier molecular flexibility index (Phi) is 12.4. The number of hydrogen-bond donors (Lipinski definition) is 0. The van der Waals surface area contributed by atoms with Crippen LogP contribution in [0.25, 0.3) is 94.5 Å². The number of aromatic nitrogens is 4. The normalized spacial score (nSPS) is 12.1. The van der Waals surface area contributed by atoms with Crippen LogP contribution >= 0.6 is 0 Å². The quantitative estimate of drug-likeness (QED) is 0.155. The zero-order valence-electron chi connectivity index (χ0n) is 40.4. The van der Waals surface area contributed by atoms with Crippen LogP contribution in [0.5, 0.6) is 0 Å². The van der Waals surface area contributed by atoms with Crippen LogP contribution in [0.15, 0.2) is 155 Å². The van der Waals surface area contributed by atoms with Gasteiger partial charge in [0.2, 0.25) is 0 Å². The molecule has 0 amide bonds. The molecule has 0 bridgehead atoms. The first-order valence-electron chi connectivity index (χ1n) is 23.4. The smallest absolute Gasteiger partial charge is 0.139 e. The first-order chi connectivity index (χ1) is 32.2. The van der Waals surface area contributed by atoms with Crippen LogP contribution in [-0.2, 0) is 30.9 Å². The Bertz CT molecular complexity index is 3570. The van der Waals surface area contributed by atoms with Gasteiger partial charge in [0.1, 0.15) is 16.7 Å². The van der Waals surface area contributed by atoms with E-state index < -0.39 is 0 Å². The molecular formula is C61H56IrN4O2-2. The summed E-state index contributed by atoms with van der Waals surface area (Å²) in [6, 6.07) is 55.2. The third-order valence-electron chi connectivity index (χ3n) is 12.8. The second-order valence-electron chi connectivity index (χ2n) is 20.3. The second-order valence-corrected chi connectivity index (χ2v) is 20.3. The summed E-state index contributed by atoms with van der Waals surface area (Å²) in [7, 11) is 0. The Hall–Kier alpha value is -6.66. The van der Waals surface area contributed by atoms with Gasteiger partial charge in [-0.1, -0.05) is 135 Å². The Morgan fingerprint density at radius 1 is 0.574 bits per heavy atom. The van der Waals surface area contributed by atoms with Gasteiger partial charge in [0.05, 0.1) is 33.7 Å². The molecule has 4 aromatic heterocycles. The number of furan rings is 2. The van der Waals surface area contributed by atoms with E-state index in [-0.39, 0.29) is 42.8 Å². The van der Waals surface area contributed by atoms with Gasteiger partial charge in [-0.3, -0.25) is 15.0 Å². The van der Waals surface area contributed by atoms with E-state index in [9.17, 15) is 0 Å². The van der Waals surface area contributed by atoms with Crippen molar-refractivity contribution >= 4 is 54.9 Å². The third kappa shape index (κ3) is 8.48. The van der Waals surface area contributed by atoms with Crippen molar-refractivity contribution in [2.75, 3.05) is 0 Å². The minimum atomic E-state index is -0.0357. The van der Waals surface area contributed by atoms with E-state index in [4.69, 9.17) is 13.8 Å². The number of para-hydroxylation sites is 1. The van der Waals surface area contributed by atoms with Crippen LogP contribution in [0.4, 0.5) is 0 Å². The summed E-state index contributed by atoms with van der Waals surface area (Å²) in [6.07, 6.45) is 1.81. The van der Waals surface area contributed by atoms with Gasteiger partial charge in [0.25, 0.3) is 0 Å². The minimum Gasteiger partial charge on any atom is -0.500 e. The first kappa shape index (κ1) is 46.4. The summed E-state index contributed by atoms with van der Waals surface area (Å²) in [4.78, 5) is 14.3. The van der Waals surface area contributed by atoms with Crippen LogP contribution in [-0.4, -0.2) is 19.5 Å². The topological polar surface area (TPSA) is 69.9 Å². The summed E-state index contributed by atoms with van der Waals surface area (Å²) in [5.74, 6) is 2.08. The Morgan fingerprint density at radius 3 is 1.97 bits per heavy atom. The van der Waals surface area contributed by atoms with Crippen molar-refractivity contribution in [1.29, 1.82) is 0 Å². The number of imidazole rings is 1.